The lowest BCUT2D eigenvalue weighted by Gasteiger charge is -2.27. The van der Waals surface area contributed by atoms with Gasteiger partial charge in [-0.2, -0.15) is 0 Å². The molecule has 0 bridgehead atoms. The molecule has 1 aromatic rings. The van der Waals surface area contributed by atoms with Crippen molar-refractivity contribution in [3.8, 4) is 0 Å². The first-order valence-electron chi connectivity index (χ1n) is 7.25. The Morgan fingerprint density at radius 2 is 2.05 bits per heavy atom. The minimum absolute atomic E-state index is 0.282. The lowest BCUT2D eigenvalue weighted by atomic mass is 10.1. The second kappa shape index (κ2) is 7.09. The van der Waals surface area contributed by atoms with Crippen molar-refractivity contribution < 1.29 is 4.79 Å². The number of amides is 1. The smallest absolute Gasteiger partial charge is 0.223 e. The van der Waals surface area contributed by atoms with Crippen LogP contribution in [-0.2, 0) is 11.2 Å². The number of hydrogen-bond donors (Lipinski definition) is 0. The van der Waals surface area contributed by atoms with E-state index in [2.05, 4.69) is 23.9 Å². The average Bonchev–Trinajstić information content (AvgIpc) is 2.85. The third-order valence-corrected chi connectivity index (χ3v) is 4.07. The molecule has 0 N–H and O–H groups in total. The van der Waals surface area contributed by atoms with Crippen molar-refractivity contribution in [3.63, 3.8) is 0 Å². The normalized spacial score (nSPS) is 18.8. The van der Waals surface area contributed by atoms with Gasteiger partial charge in [-0.05, 0) is 51.1 Å². The summed E-state index contributed by atoms with van der Waals surface area (Å²) >= 11 is 5.87. The second-order valence-corrected chi connectivity index (χ2v) is 6.21. The van der Waals surface area contributed by atoms with Crippen molar-refractivity contribution in [1.29, 1.82) is 0 Å². The molecule has 1 aliphatic rings. The molecule has 0 radical (unpaired) electrons. The SMILES string of the molecule is CN(C)CC1CCCN1C(=O)CCc1ccc(Cl)cc1. The van der Waals surface area contributed by atoms with E-state index in [1.807, 2.05) is 24.3 Å². The van der Waals surface area contributed by atoms with Crippen molar-refractivity contribution >= 4 is 17.5 Å². The van der Waals surface area contributed by atoms with Crippen LogP contribution < -0.4 is 0 Å². The largest absolute Gasteiger partial charge is 0.338 e. The average molecular weight is 295 g/mol. The number of benzene rings is 1. The Hall–Kier alpha value is -1.06. The number of carbonyl (C=O) groups is 1. The molecule has 1 heterocycles. The molecule has 0 saturated carbocycles. The maximum Gasteiger partial charge on any atom is 0.223 e. The lowest BCUT2D eigenvalue weighted by Crippen LogP contribution is -2.41. The molecule has 0 aliphatic carbocycles. The zero-order valence-electron chi connectivity index (χ0n) is 12.3. The summed E-state index contributed by atoms with van der Waals surface area (Å²) in [5, 5.41) is 0.741. The van der Waals surface area contributed by atoms with E-state index >= 15 is 0 Å². The summed E-state index contributed by atoms with van der Waals surface area (Å²) in [6.45, 7) is 1.88. The van der Waals surface area contributed by atoms with E-state index in [0.717, 1.165) is 37.4 Å². The lowest BCUT2D eigenvalue weighted by molar-refractivity contribution is -0.132. The van der Waals surface area contributed by atoms with Crippen molar-refractivity contribution in [3.05, 3.63) is 34.9 Å². The molecular formula is C16H23ClN2O. The van der Waals surface area contributed by atoms with E-state index in [4.69, 9.17) is 11.6 Å². The second-order valence-electron chi connectivity index (χ2n) is 5.77. The molecule has 1 saturated heterocycles. The number of likely N-dealkylation sites (N-methyl/N-ethyl adjacent to an activating group) is 1. The van der Waals surface area contributed by atoms with Gasteiger partial charge < -0.3 is 9.80 Å². The zero-order valence-corrected chi connectivity index (χ0v) is 13.1. The van der Waals surface area contributed by atoms with E-state index in [-0.39, 0.29) is 5.91 Å². The van der Waals surface area contributed by atoms with Crippen molar-refractivity contribution in [1.82, 2.24) is 9.80 Å². The number of rotatable bonds is 5. The third kappa shape index (κ3) is 4.22. The fraction of sp³-hybridized carbons (Fsp3) is 0.562. The predicted molar refractivity (Wildman–Crippen MR) is 83.1 cm³/mol. The Labute approximate surface area is 126 Å². The van der Waals surface area contributed by atoms with Crippen LogP contribution in [0.5, 0.6) is 0 Å². The molecule has 0 spiro atoms. The quantitative estimate of drug-likeness (QED) is 0.834. The van der Waals surface area contributed by atoms with Gasteiger partial charge >= 0.3 is 0 Å². The number of hydrogen-bond acceptors (Lipinski definition) is 2. The maximum absolute atomic E-state index is 12.4. The van der Waals surface area contributed by atoms with E-state index in [0.29, 0.717) is 12.5 Å². The first kappa shape index (κ1) is 15.3. The topological polar surface area (TPSA) is 23.6 Å². The molecule has 1 fully saturated rings. The predicted octanol–water partition coefficient (Wildman–Crippen LogP) is 2.83. The minimum atomic E-state index is 0.282. The van der Waals surface area contributed by atoms with Crippen LogP contribution in [0.3, 0.4) is 0 Å². The van der Waals surface area contributed by atoms with Gasteiger partial charge in [0.15, 0.2) is 0 Å². The Balaban J connectivity index is 1.86. The van der Waals surface area contributed by atoms with Crippen LogP contribution >= 0.6 is 11.6 Å². The monoisotopic (exact) mass is 294 g/mol. The van der Waals surface area contributed by atoms with Gasteiger partial charge in [-0.15, -0.1) is 0 Å². The first-order valence-corrected chi connectivity index (χ1v) is 7.62. The molecule has 2 rings (SSSR count). The van der Waals surface area contributed by atoms with Gasteiger partial charge in [0.1, 0.15) is 0 Å². The molecule has 1 amide bonds. The van der Waals surface area contributed by atoms with Crippen LogP contribution in [0.1, 0.15) is 24.8 Å². The molecule has 0 aromatic heterocycles. The molecule has 4 heteroatoms. The minimum Gasteiger partial charge on any atom is -0.338 e. The summed E-state index contributed by atoms with van der Waals surface area (Å²) in [5.41, 5.74) is 1.17. The third-order valence-electron chi connectivity index (χ3n) is 3.81. The van der Waals surface area contributed by atoms with Crippen LogP contribution in [0, 0.1) is 0 Å². The Bertz CT molecular complexity index is 444. The summed E-state index contributed by atoms with van der Waals surface area (Å²) in [7, 11) is 4.13. The number of likely N-dealkylation sites (tertiary alicyclic amines) is 1. The molecule has 1 atom stereocenters. The van der Waals surface area contributed by atoms with Gasteiger partial charge in [0.2, 0.25) is 5.91 Å². The number of halogens is 1. The van der Waals surface area contributed by atoms with Crippen molar-refractivity contribution in [2.45, 2.75) is 31.7 Å². The summed E-state index contributed by atoms with van der Waals surface area (Å²) in [6.07, 6.45) is 3.64. The maximum atomic E-state index is 12.4. The van der Waals surface area contributed by atoms with E-state index < -0.39 is 0 Å². The number of aryl methyl sites for hydroxylation is 1. The fourth-order valence-corrected chi connectivity index (χ4v) is 2.95. The summed E-state index contributed by atoms with van der Waals surface area (Å²) < 4.78 is 0. The molecule has 3 nitrogen and oxygen atoms in total. The molecule has 1 unspecified atom stereocenters. The highest BCUT2D eigenvalue weighted by Gasteiger charge is 2.28. The van der Waals surface area contributed by atoms with Gasteiger partial charge in [0.05, 0.1) is 0 Å². The van der Waals surface area contributed by atoms with Crippen LogP contribution in [-0.4, -0.2) is 48.9 Å². The molecular weight excluding hydrogens is 272 g/mol. The standard InChI is InChI=1S/C16H23ClN2O/c1-18(2)12-15-4-3-11-19(15)16(20)10-7-13-5-8-14(17)9-6-13/h5-6,8-9,15H,3-4,7,10-12H2,1-2H3. The van der Waals surface area contributed by atoms with Gasteiger partial charge in [-0.1, -0.05) is 23.7 Å². The van der Waals surface area contributed by atoms with Gasteiger partial charge in [-0.3, -0.25) is 4.79 Å². The molecule has 110 valence electrons. The highest BCUT2D eigenvalue weighted by Crippen LogP contribution is 2.19. The highest BCUT2D eigenvalue weighted by molar-refractivity contribution is 6.30. The van der Waals surface area contributed by atoms with Gasteiger partial charge in [0.25, 0.3) is 0 Å². The summed E-state index contributed by atoms with van der Waals surface area (Å²) in [6, 6.07) is 8.15. The van der Waals surface area contributed by atoms with E-state index in [1.165, 1.54) is 5.56 Å². The van der Waals surface area contributed by atoms with Gasteiger partial charge in [0, 0.05) is 30.6 Å². The Kier molecular flexibility index (Phi) is 5.44. The number of nitrogens with zero attached hydrogens (tertiary/aromatic N) is 2. The molecule has 1 aliphatic heterocycles. The zero-order chi connectivity index (χ0) is 14.5. The first-order chi connectivity index (χ1) is 9.56. The van der Waals surface area contributed by atoms with Crippen LogP contribution in [0.4, 0.5) is 0 Å². The fourth-order valence-electron chi connectivity index (χ4n) is 2.82. The van der Waals surface area contributed by atoms with E-state index in [1.54, 1.807) is 0 Å². The van der Waals surface area contributed by atoms with Crippen molar-refractivity contribution in [2.75, 3.05) is 27.2 Å². The Morgan fingerprint density at radius 3 is 2.70 bits per heavy atom. The van der Waals surface area contributed by atoms with Crippen LogP contribution in [0.2, 0.25) is 5.02 Å². The molecule has 1 aromatic carbocycles. The van der Waals surface area contributed by atoms with Crippen LogP contribution in [0.15, 0.2) is 24.3 Å². The summed E-state index contributed by atoms with van der Waals surface area (Å²) in [5.74, 6) is 0.282. The Morgan fingerprint density at radius 1 is 1.35 bits per heavy atom. The van der Waals surface area contributed by atoms with Crippen molar-refractivity contribution in [2.24, 2.45) is 0 Å². The van der Waals surface area contributed by atoms with Gasteiger partial charge in [-0.25, -0.2) is 0 Å². The molecule has 20 heavy (non-hydrogen) atoms. The highest BCUT2D eigenvalue weighted by atomic mass is 35.5. The number of carbonyl (C=O) groups excluding carboxylic acids is 1. The van der Waals surface area contributed by atoms with E-state index in [9.17, 15) is 4.79 Å². The summed E-state index contributed by atoms with van der Waals surface area (Å²) in [4.78, 5) is 16.6. The van der Waals surface area contributed by atoms with Crippen LogP contribution in [0.25, 0.3) is 0 Å².